The predicted molar refractivity (Wildman–Crippen MR) is 144 cm³/mol. The fourth-order valence-corrected chi connectivity index (χ4v) is 7.76. The molecule has 0 spiro atoms. The van der Waals surface area contributed by atoms with E-state index in [-0.39, 0.29) is 23.6 Å². The van der Waals surface area contributed by atoms with Gasteiger partial charge >= 0.3 is 5.56 Å². The van der Waals surface area contributed by atoms with E-state index in [4.69, 9.17) is 0 Å². The Bertz CT molecular complexity index is 1460. The summed E-state index contributed by atoms with van der Waals surface area (Å²) in [6, 6.07) is 10.00. The fourth-order valence-electron chi connectivity index (χ4n) is 5.46. The van der Waals surface area contributed by atoms with E-state index in [1.54, 1.807) is 15.5 Å². The number of amides is 1. The lowest BCUT2D eigenvalue weighted by Gasteiger charge is -2.40. The molecule has 0 saturated heterocycles. The number of benzene rings is 2. The summed E-state index contributed by atoms with van der Waals surface area (Å²) in [5.41, 5.74) is 0.868. The van der Waals surface area contributed by atoms with Crippen molar-refractivity contribution in [2.45, 2.75) is 41.9 Å². The zero-order chi connectivity index (χ0) is 26.4. The quantitative estimate of drug-likeness (QED) is 0.404. The number of hydrogen-bond donors (Lipinski definition) is 1. The van der Waals surface area contributed by atoms with Crippen LogP contribution in [0.4, 0.5) is 8.78 Å². The molecule has 6 rings (SSSR count). The molecule has 10 heteroatoms. The Morgan fingerprint density at radius 1 is 1.11 bits per heavy atom. The molecule has 1 N–H and O–H groups in total. The van der Waals surface area contributed by atoms with Crippen LogP contribution in [0.2, 0.25) is 0 Å². The largest absolute Gasteiger partial charge is 0.501 e. The first-order chi connectivity index (χ1) is 18.4. The molecule has 1 unspecified atom stereocenters. The molecule has 1 aliphatic carbocycles. The SMILES string of the molecule is O=C1c2c(O)c(=O)ncn2C([C@@H]2c3ccccc3SCc3c2ccc(F)c3F)CN1CCCSCC1CC1. The van der Waals surface area contributed by atoms with Crippen molar-refractivity contribution in [3.05, 3.63) is 87.1 Å². The molecule has 2 aromatic carbocycles. The van der Waals surface area contributed by atoms with Crippen LogP contribution in [0, 0.1) is 17.6 Å². The lowest BCUT2D eigenvalue weighted by Crippen LogP contribution is -2.47. The number of hydrogen-bond acceptors (Lipinski definition) is 6. The number of carbonyl (C=O) groups is 1. The lowest BCUT2D eigenvalue weighted by molar-refractivity contribution is 0.0649. The van der Waals surface area contributed by atoms with E-state index in [0.29, 0.717) is 12.1 Å². The van der Waals surface area contributed by atoms with Crippen molar-refractivity contribution >= 4 is 29.4 Å². The monoisotopic (exact) mass is 555 g/mol. The van der Waals surface area contributed by atoms with E-state index in [1.807, 2.05) is 36.0 Å². The number of rotatable bonds is 7. The van der Waals surface area contributed by atoms with Crippen LogP contribution >= 0.6 is 23.5 Å². The molecule has 3 aromatic rings. The molecule has 198 valence electrons. The van der Waals surface area contributed by atoms with Crippen molar-refractivity contribution in [1.82, 2.24) is 14.5 Å². The zero-order valence-corrected chi connectivity index (χ0v) is 22.2. The molecule has 2 atom stereocenters. The van der Waals surface area contributed by atoms with E-state index in [9.17, 15) is 19.1 Å². The second-order valence-electron chi connectivity index (χ2n) is 10.1. The summed E-state index contributed by atoms with van der Waals surface area (Å²) in [7, 11) is 0. The number of halogens is 2. The maximum Gasteiger partial charge on any atom is 0.315 e. The van der Waals surface area contributed by atoms with Crippen LogP contribution in [0.3, 0.4) is 0 Å². The second-order valence-corrected chi connectivity index (χ2v) is 12.2. The van der Waals surface area contributed by atoms with Crippen LogP contribution in [-0.2, 0) is 5.75 Å². The summed E-state index contributed by atoms with van der Waals surface area (Å²) in [6.07, 6.45) is 4.67. The highest BCUT2D eigenvalue weighted by Gasteiger charge is 2.41. The predicted octanol–water partition coefficient (Wildman–Crippen LogP) is 5.20. The third-order valence-electron chi connectivity index (χ3n) is 7.58. The van der Waals surface area contributed by atoms with Gasteiger partial charge in [0.2, 0.25) is 5.75 Å². The minimum Gasteiger partial charge on any atom is -0.501 e. The van der Waals surface area contributed by atoms with Crippen LogP contribution in [-0.4, -0.2) is 50.1 Å². The standard InChI is InChI=1S/C28H27F2N3O3S2/c29-20-9-8-17-19(24(20)30)14-38-22-5-2-1-4-18(22)23(17)21-12-32(10-3-11-37-13-16-6-7-16)28(36)25-26(34)27(35)31-15-33(21)25/h1-2,4-5,8-9,15-16,21,23,34H,3,6-7,10-14H2/t21?,23-/m0/s1. The maximum absolute atomic E-state index is 15.1. The number of thioether (sulfide) groups is 2. The van der Waals surface area contributed by atoms with Crippen LogP contribution in [0.1, 0.15) is 58.4 Å². The molecule has 1 saturated carbocycles. The highest BCUT2D eigenvalue weighted by atomic mass is 32.2. The van der Waals surface area contributed by atoms with Gasteiger partial charge in [-0.15, -0.1) is 11.8 Å². The number of aromatic hydroxyl groups is 1. The highest BCUT2D eigenvalue weighted by Crippen LogP contribution is 2.48. The first-order valence-electron chi connectivity index (χ1n) is 12.8. The van der Waals surface area contributed by atoms with Crippen molar-refractivity contribution in [3.8, 4) is 5.75 Å². The van der Waals surface area contributed by atoms with E-state index in [0.717, 1.165) is 40.4 Å². The van der Waals surface area contributed by atoms with Crippen molar-refractivity contribution < 1.29 is 18.7 Å². The van der Waals surface area contributed by atoms with Gasteiger partial charge < -0.3 is 14.6 Å². The van der Waals surface area contributed by atoms with E-state index in [2.05, 4.69) is 4.98 Å². The van der Waals surface area contributed by atoms with Gasteiger partial charge in [-0.1, -0.05) is 24.3 Å². The summed E-state index contributed by atoms with van der Waals surface area (Å²) >= 11 is 3.33. The Morgan fingerprint density at radius 3 is 2.74 bits per heavy atom. The molecule has 3 heterocycles. The Labute approximate surface area is 227 Å². The van der Waals surface area contributed by atoms with Crippen molar-refractivity contribution in [1.29, 1.82) is 0 Å². The van der Waals surface area contributed by atoms with Crippen molar-refractivity contribution in [2.75, 3.05) is 24.6 Å². The van der Waals surface area contributed by atoms with Crippen LogP contribution in [0.25, 0.3) is 0 Å². The van der Waals surface area contributed by atoms with Gasteiger partial charge in [-0.05, 0) is 59.9 Å². The van der Waals surface area contributed by atoms with Crippen molar-refractivity contribution in [2.24, 2.45) is 5.92 Å². The van der Waals surface area contributed by atoms with Gasteiger partial charge in [0.15, 0.2) is 17.3 Å². The molecule has 1 amide bonds. The Morgan fingerprint density at radius 2 is 1.92 bits per heavy atom. The average molecular weight is 556 g/mol. The fraction of sp³-hybridized carbons (Fsp3) is 0.393. The number of aromatic nitrogens is 2. The van der Waals surface area contributed by atoms with Gasteiger partial charge in [-0.25, -0.2) is 8.78 Å². The van der Waals surface area contributed by atoms with Gasteiger partial charge in [-0.2, -0.15) is 16.7 Å². The first kappa shape index (κ1) is 25.4. The van der Waals surface area contributed by atoms with Gasteiger partial charge in [0.1, 0.15) is 0 Å². The Balaban J connectivity index is 1.43. The zero-order valence-electron chi connectivity index (χ0n) is 20.6. The summed E-state index contributed by atoms with van der Waals surface area (Å²) in [6.45, 7) is 0.752. The molecular formula is C28H27F2N3O3S2. The number of fused-ring (bicyclic) bond motifs is 3. The maximum atomic E-state index is 15.1. The smallest absolute Gasteiger partial charge is 0.315 e. The van der Waals surface area contributed by atoms with E-state index >= 15 is 4.39 Å². The normalized spacial score (nSPS) is 20.5. The summed E-state index contributed by atoms with van der Waals surface area (Å²) in [4.78, 5) is 32.2. The average Bonchev–Trinajstić information content (AvgIpc) is 3.75. The molecular weight excluding hydrogens is 528 g/mol. The van der Waals surface area contributed by atoms with E-state index in [1.165, 1.54) is 30.9 Å². The third kappa shape index (κ3) is 4.62. The topological polar surface area (TPSA) is 75.4 Å². The molecule has 6 nitrogen and oxygen atoms in total. The van der Waals surface area contributed by atoms with Crippen LogP contribution < -0.4 is 5.56 Å². The lowest BCUT2D eigenvalue weighted by atomic mass is 9.81. The highest BCUT2D eigenvalue weighted by molar-refractivity contribution is 7.99. The molecule has 0 bridgehead atoms. The van der Waals surface area contributed by atoms with Crippen LogP contribution in [0.5, 0.6) is 5.75 Å². The summed E-state index contributed by atoms with van der Waals surface area (Å²) in [5.74, 6) is -0.208. The third-order valence-corrected chi connectivity index (χ3v) is 9.98. The molecule has 1 fully saturated rings. The number of carbonyl (C=O) groups excluding carboxylic acids is 1. The van der Waals surface area contributed by atoms with Gasteiger partial charge in [0.25, 0.3) is 5.91 Å². The Kier molecular flexibility index (Phi) is 6.94. The second kappa shape index (κ2) is 10.4. The summed E-state index contributed by atoms with van der Waals surface area (Å²) < 4.78 is 31.0. The van der Waals surface area contributed by atoms with E-state index < -0.39 is 40.8 Å². The summed E-state index contributed by atoms with van der Waals surface area (Å²) in [5, 5.41) is 10.7. The Hall–Kier alpha value is -2.85. The van der Waals surface area contributed by atoms with Crippen LogP contribution in [0.15, 0.2) is 52.4 Å². The van der Waals surface area contributed by atoms with Gasteiger partial charge in [0, 0.05) is 35.2 Å². The van der Waals surface area contributed by atoms with Gasteiger partial charge in [-0.3, -0.25) is 9.59 Å². The molecule has 0 radical (unpaired) electrons. The molecule has 3 aliphatic rings. The molecule has 1 aromatic heterocycles. The molecule has 2 aliphatic heterocycles. The first-order valence-corrected chi connectivity index (χ1v) is 14.9. The number of nitrogens with zero attached hydrogens (tertiary/aromatic N) is 3. The minimum atomic E-state index is -0.901. The molecule has 38 heavy (non-hydrogen) atoms. The minimum absolute atomic E-state index is 0.106. The van der Waals surface area contributed by atoms with Gasteiger partial charge in [0.05, 0.1) is 12.4 Å². The van der Waals surface area contributed by atoms with Crippen molar-refractivity contribution in [3.63, 3.8) is 0 Å².